The predicted octanol–water partition coefficient (Wildman–Crippen LogP) is 24.0. The summed E-state index contributed by atoms with van der Waals surface area (Å²) in [6.45, 7) is 59.5. The van der Waals surface area contributed by atoms with E-state index in [4.69, 9.17) is 86.4 Å². The third kappa shape index (κ3) is 24.7. The molecule has 748 valence electrons. The van der Waals surface area contributed by atoms with Crippen molar-refractivity contribution in [1.29, 1.82) is 0 Å². The Balaban J connectivity index is 0.000000164. The van der Waals surface area contributed by atoms with E-state index in [1.807, 2.05) is 160 Å². The highest BCUT2D eigenvalue weighted by atomic mass is 35.5. The zero-order chi connectivity index (χ0) is 101. The minimum absolute atomic E-state index is 0.0103. The van der Waals surface area contributed by atoms with Crippen molar-refractivity contribution in [2.45, 2.75) is 367 Å². The van der Waals surface area contributed by atoms with Crippen molar-refractivity contribution in [2.75, 3.05) is 78.7 Å². The van der Waals surface area contributed by atoms with Gasteiger partial charge in [0.25, 0.3) is 0 Å². The quantitative estimate of drug-likeness (QED) is 0.0790. The van der Waals surface area contributed by atoms with Gasteiger partial charge in [-0.2, -0.15) is 0 Å². The molecule has 0 saturated carbocycles. The highest BCUT2D eigenvalue weighted by Crippen LogP contribution is 2.61. The summed E-state index contributed by atoms with van der Waals surface area (Å²) in [5, 5.41) is 24.0. The van der Waals surface area contributed by atoms with Crippen LogP contribution in [0.25, 0.3) is 5.57 Å². The Hall–Kier alpha value is -7.83. The number of fused-ring (bicyclic) bond motifs is 10. The number of carbonyl (C=O) groups excluding carboxylic acids is 8. The molecule has 10 aliphatic rings. The van der Waals surface area contributed by atoms with Crippen LogP contribution in [0.4, 0.5) is 19.2 Å². The van der Waals surface area contributed by atoms with Crippen LogP contribution in [0.1, 0.15) is 349 Å². The first-order chi connectivity index (χ1) is 62.9. The van der Waals surface area contributed by atoms with Gasteiger partial charge in [-0.15, -0.1) is 0 Å². The predicted molar refractivity (Wildman–Crippen MR) is 542 cm³/mol. The molecule has 5 aromatic carbocycles. The summed E-state index contributed by atoms with van der Waals surface area (Å²) in [5.41, 5.74) is 14.2. The maximum absolute atomic E-state index is 12.6. The molecule has 15 rings (SSSR count). The highest BCUT2D eigenvalue weighted by molar-refractivity contribution is 6.33. The third-order valence-electron chi connectivity index (χ3n) is 29.7. The summed E-state index contributed by atoms with van der Waals surface area (Å²) in [6.07, 6.45) is 13.5. The largest absolute Gasteiger partial charge is 0.466 e. The summed E-state index contributed by atoms with van der Waals surface area (Å²) in [4.78, 5) is 106. The number of piperidine rings is 5. The lowest BCUT2D eigenvalue weighted by Crippen LogP contribution is -2.48. The monoisotopic (exact) mass is 1970 g/mol. The van der Waals surface area contributed by atoms with Gasteiger partial charge in [-0.05, 0) is 406 Å². The normalized spacial score (nSPS) is 20.8. The van der Waals surface area contributed by atoms with Crippen molar-refractivity contribution in [3.8, 4) is 0 Å². The van der Waals surface area contributed by atoms with Crippen molar-refractivity contribution in [1.82, 2.24) is 35.6 Å². The summed E-state index contributed by atoms with van der Waals surface area (Å²) < 4.78 is 32.8. The van der Waals surface area contributed by atoms with Gasteiger partial charge in [0.1, 0.15) is 22.4 Å². The Morgan fingerprint density at radius 2 is 0.662 bits per heavy atom. The van der Waals surface area contributed by atoms with Crippen LogP contribution in [-0.2, 0) is 74.7 Å². The van der Waals surface area contributed by atoms with E-state index >= 15 is 0 Å². The second-order valence-electron chi connectivity index (χ2n) is 45.8. The van der Waals surface area contributed by atoms with Crippen LogP contribution >= 0.6 is 58.0 Å². The van der Waals surface area contributed by atoms with Gasteiger partial charge >= 0.3 is 36.3 Å². The van der Waals surface area contributed by atoms with Gasteiger partial charge in [-0.25, -0.2) is 24.0 Å². The molecular formula is C109H152Cl5N7O15. The number of hydrogen-bond donors (Lipinski definition) is 4. The summed E-state index contributed by atoms with van der Waals surface area (Å²) in [7, 11) is 0. The number of rotatable bonds is 9. The lowest BCUT2D eigenvalue weighted by atomic mass is 9.72. The fourth-order valence-electron chi connectivity index (χ4n) is 22.8. The molecule has 5 saturated heterocycles. The second-order valence-corrected chi connectivity index (χ2v) is 47.9. The standard InChI is InChI=1S/2C24H35ClN2O3.C22H30ClNO4.C22H28ClNO4.C17H24ClNO/c2*1-15-12-18-17(13-20(15)25)19(23(6,7)26-16(2)28)14-24(18)8-10-27(11-9-24)21(29)30-22(3,4)5;2*1-6-27-19(25)16-13-22(17-11-14(2)18(23)12-15(16)17)7-9-24(10-8-22)20(26)28-21(3,4)5;1-11-8-13-12(9-15(11)18)14(16(2,3)20)10-17(13)4-6-19-7-5-17/h2*12-13,19H,8-11,14H2,1-7H3,(H,26,28);11-12,16H,6-10,13H2,1-5H3;11-13H,6-10H2,1-5H3;8-9,14,19-20H,4-7,10H2,1-3H3/t19-;;;;/m0..../s1. The molecule has 3 unspecified atom stereocenters. The van der Waals surface area contributed by atoms with E-state index in [9.17, 15) is 43.5 Å². The second kappa shape index (κ2) is 41.4. The highest BCUT2D eigenvalue weighted by Gasteiger charge is 2.56. The molecule has 5 aromatic rings. The Labute approximate surface area is 834 Å². The van der Waals surface area contributed by atoms with Crippen molar-refractivity contribution in [3.05, 3.63) is 175 Å². The molecule has 22 nitrogen and oxygen atoms in total. The van der Waals surface area contributed by atoms with Crippen LogP contribution in [0.2, 0.25) is 25.1 Å². The molecule has 5 fully saturated rings. The minimum Gasteiger partial charge on any atom is -0.466 e. The van der Waals surface area contributed by atoms with Crippen molar-refractivity contribution >= 4 is 112 Å². The number of carbonyl (C=O) groups is 8. The Kier molecular flexibility index (Phi) is 33.0. The number of aliphatic hydroxyl groups is 1. The van der Waals surface area contributed by atoms with E-state index in [1.165, 1.54) is 38.9 Å². The summed E-state index contributed by atoms with van der Waals surface area (Å²) in [5.74, 6) is -0.328. The molecule has 4 N–H and O–H groups in total. The number of hydrogen-bond acceptors (Lipinski definition) is 16. The van der Waals surface area contributed by atoms with Gasteiger partial charge in [0.2, 0.25) is 11.8 Å². The smallest absolute Gasteiger partial charge is 0.410 e. The molecule has 5 spiro atoms. The van der Waals surface area contributed by atoms with E-state index in [0.717, 1.165) is 156 Å². The SMILES string of the molecule is CC(=O)NC(C)(C)C1CC2(CCN(C(=O)OC(C)(C)C)CC2)c2cc(C)c(Cl)cc21.CC(=O)NC(C)(C)[C@H]1CC2(CCN(C(=O)OC(C)(C)C)CC2)c2cc(C)c(Cl)cc21.CCOC(=O)C1=CC2(CCN(C(=O)OC(C)(C)C)CC2)c2cc(C)c(Cl)cc21.CCOC(=O)C1CC2(CCN(C(=O)OC(C)(C)C)CC2)c2cc(C)c(Cl)cc21.Cc1cc2c(cc1Cl)C(C(C)(C)O)CC21CCNCC1. The number of amides is 6. The van der Waals surface area contributed by atoms with E-state index in [-0.39, 0.29) is 110 Å². The summed E-state index contributed by atoms with van der Waals surface area (Å²) in [6, 6.07) is 21.0. The first-order valence-electron chi connectivity index (χ1n) is 49.0. The van der Waals surface area contributed by atoms with Crippen LogP contribution in [-0.4, -0.2) is 191 Å². The molecule has 27 heteroatoms. The lowest BCUT2D eigenvalue weighted by molar-refractivity contribution is -0.145. The summed E-state index contributed by atoms with van der Waals surface area (Å²) >= 11 is 32.1. The number of ether oxygens (including phenoxy) is 6. The lowest BCUT2D eigenvalue weighted by Gasteiger charge is -2.41. The topological polar surface area (TPSA) is 261 Å². The van der Waals surface area contributed by atoms with Gasteiger partial charge in [-0.3, -0.25) is 14.4 Å². The van der Waals surface area contributed by atoms with Gasteiger partial charge in [0, 0.05) is 131 Å². The van der Waals surface area contributed by atoms with Crippen LogP contribution in [0, 0.1) is 34.6 Å². The van der Waals surface area contributed by atoms with Gasteiger partial charge < -0.3 is 69.1 Å². The number of nitrogens with one attached hydrogen (secondary N) is 3. The fourth-order valence-corrected chi connectivity index (χ4v) is 23.6. The average Bonchev–Trinajstić information content (AvgIpc) is 1.56. The van der Waals surface area contributed by atoms with Crippen LogP contribution in [0.15, 0.2) is 66.7 Å². The maximum atomic E-state index is 12.6. The minimum atomic E-state index is -0.693. The molecule has 0 radical (unpaired) electrons. The van der Waals surface area contributed by atoms with Crippen LogP contribution in [0.3, 0.4) is 0 Å². The van der Waals surface area contributed by atoms with Crippen LogP contribution < -0.4 is 16.0 Å². The molecule has 5 heterocycles. The number of allylic oxidation sites excluding steroid dienone is 1. The van der Waals surface area contributed by atoms with Crippen LogP contribution in [0.5, 0.6) is 0 Å². The van der Waals surface area contributed by atoms with E-state index in [0.29, 0.717) is 87.6 Å². The Morgan fingerprint density at radius 1 is 0.382 bits per heavy atom. The number of benzene rings is 5. The Bertz CT molecular complexity index is 5180. The van der Waals surface area contributed by atoms with E-state index in [1.54, 1.807) is 30.6 Å². The number of likely N-dealkylation sites (tertiary alicyclic amines) is 4. The third-order valence-corrected chi connectivity index (χ3v) is 31.7. The molecule has 0 bridgehead atoms. The van der Waals surface area contributed by atoms with E-state index < -0.39 is 28.0 Å². The number of aryl methyl sites for hydroxylation is 5. The van der Waals surface area contributed by atoms with Gasteiger partial charge in [-0.1, -0.05) is 94.4 Å². The molecular weight excluding hydrogens is 1820 g/mol. The number of halogens is 5. The average molecular weight is 1980 g/mol. The molecule has 6 amide bonds. The first-order valence-corrected chi connectivity index (χ1v) is 50.8. The fraction of sp³-hybridized carbons (Fsp3) is 0.633. The zero-order valence-electron chi connectivity index (χ0n) is 85.9. The van der Waals surface area contributed by atoms with Crippen molar-refractivity contribution in [2.24, 2.45) is 0 Å². The Morgan fingerprint density at radius 3 is 0.978 bits per heavy atom. The molecule has 4 atom stereocenters. The van der Waals surface area contributed by atoms with Crippen molar-refractivity contribution in [3.63, 3.8) is 0 Å². The molecule has 0 aromatic heterocycles. The molecule has 136 heavy (non-hydrogen) atoms. The van der Waals surface area contributed by atoms with Crippen molar-refractivity contribution < 1.29 is 71.9 Å². The zero-order valence-corrected chi connectivity index (χ0v) is 89.7. The van der Waals surface area contributed by atoms with E-state index in [2.05, 4.69) is 99.1 Å². The van der Waals surface area contributed by atoms with Gasteiger partial charge in [0.05, 0.1) is 30.3 Å². The van der Waals surface area contributed by atoms with Gasteiger partial charge in [0.15, 0.2) is 0 Å². The maximum Gasteiger partial charge on any atom is 0.410 e. The number of nitrogens with zero attached hydrogens (tertiary/aromatic N) is 4. The molecule has 5 aliphatic heterocycles. The first kappa shape index (κ1) is 109. The molecule has 5 aliphatic carbocycles. The number of esters is 2.